The predicted octanol–water partition coefficient (Wildman–Crippen LogP) is 3.06. The number of carboxylic acids is 1. The maximum atomic E-state index is 12.4. The molecule has 7 heteroatoms. The minimum absolute atomic E-state index is 0.139. The van der Waals surface area contributed by atoms with Crippen molar-refractivity contribution in [2.24, 2.45) is 16.4 Å². The molecule has 0 amide bonds. The summed E-state index contributed by atoms with van der Waals surface area (Å²) in [5.74, 6) is -1.04. The number of carboxylic acid groups (broad SMARTS) is 1. The molecular weight excluding hydrogens is 262 g/mol. The van der Waals surface area contributed by atoms with E-state index in [1.165, 1.54) is 0 Å². The molecule has 0 heterocycles. The number of hydrogen-bond acceptors (Lipinski definition) is 5. The van der Waals surface area contributed by atoms with Crippen molar-refractivity contribution < 1.29 is 19.5 Å². The molecule has 0 bridgehead atoms. The van der Waals surface area contributed by atoms with Crippen molar-refractivity contribution in [1.29, 1.82) is 0 Å². The molecule has 1 unspecified atom stereocenters. The Morgan fingerprint density at radius 2 is 1.90 bits per heavy atom. The van der Waals surface area contributed by atoms with Crippen LogP contribution in [0.2, 0.25) is 0 Å². The molecule has 0 radical (unpaired) electrons. The van der Waals surface area contributed by atoms with Gasteiger partial charge in [0.05, 0.1) is 16.4 Å². The zero-order chi connectivity index (χ0) is 15.4. The Labute approximate surface area is 119 Å². The van der Waals surface area contributed by atoms with Crippen molar-refractivity contribution in [2.75, 3.05) is 6.54 Å². The van der Waals surface area contributed by atoms with Gasteiger partial charge in [-0.25, -0.2) is 4.76 Å². The highest BCUT2D eigenvalue weighted by Gasteiger charge is 2.33. The van der Waals surface area contributed by atoms with E-state index in [0.717, 1.165) is 0 Å². The molecule has 0 saturated heterocycles. The molecule has 116 valence electrons. The van der Waals surface area contributed by atoms with Crippen molar-refractivity contribution in [1.82, 2.24) is 0 Å². The Kier molecular flexibility index (Phi) is 5.47. The van der Waals surface area contributed by atoms with Gasteiger partial charge in [-0.2, -0.15) is 0 Å². The van der Waals surface area contributed by atoms with Crippen LogP contribution in [0.4, 0.5) is 0 Å². The van der Waals surface area contributed by atoms with Gasteiger partial charge < -0.3 is 15.2 Å². The van der Waals surface area contributed by atoms with Crippen LogP contribution in [-0.2, 0) is 9.63 Å². The van der Waals surface area contributed by atoms with Crippen LogP contribution >= 0.6 is 0 Å². The first-order chi connectivity index (χ1) is 9.19. The molecule has 1 fully saturated rings. The number of aliphatic carboxylic acids is 1. The predicted molar refractivity (Wildman–Crippen MR) is 73.2 cm³/mol. The Hall–Kier alpha value is -1.21. The number of hydroxylamine groups is 2. The second kappa shape index (κ2) is 6.49. The van der Waals surface area contributed by atoms with Crippen molar-refractivity contribution in [3.63, 3.8) is 0 Å². The molecule has 20 heavy (non-hydrogen) atoms. The van der Waals surface area contributed by atoms with E-state index in [2.05, 4.69) is 10.5 Å². The Morgan fingerprint density at radius 1 is 1.35 bits per heavy atom. The summed E-state index contributed by atoms with van der Waals surface area (Å²) in [6, 6.07) is 0. The van der Waals surface area contributed by atoms with Crippen LogP contribution in [0.3, 0.4) is 0 Å². The van der Waals surface area contributed by atoms with E-state index < -0.39 is 16.3 Å². The topological polar surface area (TPSA) is 94.3 Å². The summed E-state index contributed by atoms with van der Waals surface area (Å²) < 4.78 is -0.794. The first-order valence-corrected chi connectivity index (χ1v) is 7.10. The van der Waals surface area contributed by atoms with Gasteiger partial charge in [0, 0.05) is 0 Å². The van der Waals surface area contributed by atoms with Gasteiger partial charge in [0.2, 0.25) is 0 Å². The molecule has 1 N–H and O–H groups in total. The quantitative estimate of drug-likeness (QED) is 0.477. The van der Waals surface area contributed by atoms with E-state index >= 15 is 0 Å². The molecule has 1 aliphatic rings. The summed E-state index contributed by atoms with van der Waals surface area (Å²) in [5.41, 5.74) is -0.595. The Morgan fingerprint density at radius 3 is 2.30 bits per heavy atom. The van der Waals surface area contributed by atoms with E-state index in [-0.39, 0.29) is 18.6 Å². The molecule has 0 aromatic rings. The van der Waals surface area contributed by atoms with Crippen molar-refractivity contribution >= 4 is 5.97 Å². The summed E-state index contributed by atoms with van der Waals surface area (Å²) in [6.07, 6.45) is 2.30. The maximum Gasteiger partial charge on any atom is 0.306 e. The van der Waals surface area contributed by atoms with E-state index in [1.54, 1.807) is 27.7 Å². The normalized spacial score (nSPS) is 27.2. The third-order valence-electron chi connectivity index (χ3n) is 3.88. The summed E-state index contributed by atoms with van der Waals surface area (Å²) >= 11 is 0. The van der Waals surface area contributed by atoms with Crippen LogP contribution in [-0.4, -0.2) is 34.0 Å². The molecule has 0 aliphatic heterocycles. The van der Waals surface area contributed by atoms with E-state index in [1.807, 2.05) is 0 Å². The van der Waals surface area contributed by atoms with Gasteiger partial charge in [-0.1, -0.05) is 0 Å². The zero-order valence-electron chi connectivity index (χ0n) is 12.7. The highest BCUT2D eigenvalue weighted by atomic mass is 16.7. The molecule has 1 aliphatic carbocycles. The monoisotopic (exact) mass is 287 g/mol. The first kappa shape index (κ1) is 16.8. The molecule has 1 atom stereocenters. The highest BCUT2D eigenvalue weighted by Crippen LogP contribution is 2.28. The van der Waals surface area contributed by atoms with Gasteiger partial charge >= 0.3 is 5.97 Å². The van der Waals surface area contributed by atoms with Gasteiger partial charge in [0.15, 0.2) is 0 Å². The fourth-order valence-electron chi connectivity index (χ4n) is 2.23. The second-order valence-electron chi connectivity index (χ2n) is 6.28. The number of rotatable bonds is 5. The van der Waals surface area contributed by atoms with Crippen molar-refractivity contribution in [3.05, 3.63) is 5.21 Å². The lowest BCUT2D eigenvalue weighted by atomic mass is 9.88. The van der Waals surface area contributed by atoms with Crippen LogP contribution in [0.5, 0.6) is 0 Å². The molecular formula is C13H25N3O4. The number of hydrogen-bond donors (Lipinski definition) is 1. The third kappa shape index (κ3) is 4.14. The summed E-state index contributed by atoms with van der Waals surface area (Å²) in [6.45, 7) is 7.46. The average molecular weight is 287 g/mol. The molecule has 0 spiro atoms. The van der Waals surface area contributed by atoms with Gasteiger partial charge in [-0.05, 0) is 53.4 Å². The summed E-state index contributed by atoms with van der Waals surface area (Å²) in [7, 11) is 0. The molecule has 7 nitrogen and oxygen atoms in total. The van der Waals surface area contributed by atoms with Gasteiger partial charge in [0.25, 0.3) is 0 Å². The maximum absolute atomic E-state index is 12.4. The number of quaternary nitrogens is 1. The lowest BCUT2D eigenvalue weighted by Crippen LogP contribution is -2.51. The van der Waals surface area contributed by atoms with Crippen molar-refractivity contribution in [2.45, 2.75) is 65.0 Å². The van der Waals surface area contributed by atoms with Crippen LogP contribution < -0.4 is 0 Å². The minimum Gasteiger partial charge on any atom is -0.603 e. The standard InChI is InChI=1S/C13H25N3O4/c1-5-16(19,13(2,3)4)14-15-20-11-8-6-10(7-9-11)12(17)18/h10-11H,5-9H2,1-4H3,(H,17,18)/b15-14+/t10-,11+,16?. The summed E-state index contributed by atoms with van der Waals surface area (Å²) in [5, 5.41) is 28.7. The van der Waals surface area contributed by atoms with E-state index in [9.17, 15) is 10.0 Å². The fraction of sp³-hybridized carbons (Fsp3) is 0.923. The number of nitrogens with zero attached hydrogens (tertiary/aromatic N) is 3. The smallest absolute Gasteiger partial charge is 0.306 e. The molecule has 1 rings (SSSR count). The highest BCUT2D eigenvalue weighted by molar-refractivity contribution is 5.69. The SMILES string of the molecule is CC[N+]([O-])(/N=N/O[C@H]1CC[C@@H](C(=O)O)CC1)C(C)(C)C. The lowest BCUT2D eigenvalue weighted by molar-refractivity contribution is -0.937. The van der Waals surface area contributed by atoms with Crippen LogP contribution in [0.1, 0.15) is 53.4 Å². The van der Waals surface area contributed by atoms with Crippen LogP contribution in [0.25, 0.3) is 0 Å². The zero-order valence-corrected chi connectivity index (χ0v) is 12.7. The Bertz CT molecular complexity index is 359. The lowest BCUT2D eigenvalue weighted by Gasteiger charge is -2.43. The van der Waals surface area contributed by atoms with Crippen LogP contribution in [0.15, 0.2) is 10.5 Å². The molecule has 0 aromatic carbocycles. The second-order valence-corrected chi connectivity index (χ2v) is 6.28. The first-order valence-electron chi connectivity index (χ1n) is 7.10. The molecule has 0 aromatic heterocycles. The third-order valence-corrected chi connectivity index (χ3v) is 3.88. The number of carbonyl (C=O) groups is 1. The van der Waals surface area contributed by atoms with Gasteiger partial charge in [-0.15, -0.1) is 0 Å². The largest absolute Gasteiger partial charge is 0.603 e. The van der Waals surface area contributed by atoms with Gasteiger partial charge in [0.1, 0.15) is 18.2 Å². The van der Waals surface area contributed by atoms with Crippen LogP contribution in [0, 0.1) is 11.1 Å². The summed E-state index contributed by atoms with van der Waals surface area (Å²) in [4.78, 5) is 16.1. The average Bonchev–Trinajstić information content (AvgIpc) is 2.37. The fourth-order valence-corrected chi connectivity index (χ4v) is 2.23. The van der Waals surface area contributed by atoms with E-state index in [4.69, 9.17) is 9.94 Å². The van der Waals surface area contributed by atoms with Gasteiger partial charge in [-0.3, -0.25) is 4.79 Å². The minimum atomic E-state index is -0.794. The Balaban J connectivity index is 2.48. The van der Waals surface area contributed by atoms with Crippen molar-refractivity contribution in [3.8, 4) is 0 Å². The van der Waals surface area contributed by atoms with E-state index in [0.29, 0.717) is 25.7 Å². The molecule has 1 saturated carbocycles.